The number of hydrogen-bond acceptors (Lipinski definition) is 3. The van der Waals surface area contributed by atoms with Crippen molar-refractivity contribution in [2.75, 3.05) is 36.4 Å². The number of anilines is 2. The lowest BCUT2D eigenvalue weighted by Crippen LogP contribution is -2.39. The van der Waals surface area contributed by atoms with Crippen LogP contribution in [0.4, 0.5) is 24.5 Å². The third-order valence-electron chi connectivity index (χ3n) is 5.68. The summed E-state index contributed by atoms with van der Waals surface area (Å²) in [4.78, 5) is 16.6. The van der Waals surface area contributed by atoms with Gasteiger partial charge in [-0.15, -0.1) is 0 Å². The van der Waals surface area contributed by atoms with Crippen molar-refractivity contribution < 1.29 is 18.0 Å². The summed E-state index contributed by atoms with van der Waals surface area (Å²) < 4.78 is 39.6. The van der Waals surface area contributed by atoms with Crippen molar-refractivity contribution in [3.63, 3.8) is 0 Å². The smallest absolute Gasteiger partial charge is 0.374 e. The number of halogens is 3. The number of benzene rings is 2. The van der Waals surface area contributed by atoms with Gasteiger partial charge in [-0.25, -0.2) is 0 Å². The van der Waals surface area contributed by atoms with Crippen molar-refractivity contribution in [2.24, 2.45) is 0 Å². The molecular formula is C22H24F3N3O. The molecule has 0 spiro atoms. The van der Waals surface area contributed by atoms with Crippen LogP contribution in [0.3, 0.4) is 0 Å². The predicted molar refractivity (Wildman–Crippen MR) is 107 cm³/mol. The second-order valence-corrected chi connectivity index (χ2v) is 7.61. The maximum absolute atomic E-state index is 13.2. The summed E-state index contributed by atoms with van der Waals surface area (Å²) >= 11 is 0. The molecule has 0 unspecified atom stereocenters. The van der Waals surface area contributed by atoms with Gasteiger partial charge in [0, 0.05) is 26.2 Å². The molecule has 154 valence electrons. The van der Waals surface area contributed by atoms with E-state index in [4.69, 9.17) is 0 Å². The summed E-state index contributed by atoms with van der Waals surface area (Å²) in [5, 5.41) is 2.99. The molecular weight excluding hydrogens is 379 g/mol. The van der Waals surface area contributed by atoms with E-state index < -0.39 is 11.7 Å². The fraction of sp³-hybridized carbons (Fsp3) is 0.409. The standard InChI is InChI=1S/C22H24F3N3O/c23-22(24,25)18-7-8-20(27-10-3-4-11-27)19(13-18)26-14-21(29)28-12-9-16-5-1-2-6-17(16)15-28/h1-2,5-8,13,26H,3-4,9-12,14-15H2. The number of carbonyl (C=O) groups is 1. The van der Waals surface area contributed by atoms with E-state index in [0.29, 0.717) is 18.8 Å². The third-order valence-corrected chi connectivity index (χ3v) is 5.68. The Bertz CT molecular complexity index is 891. The molecule has 1 saturated heterocycles. The fourth-order valence-corrected chi connectivity index (χ4v) is 4.08. The van der Waals surface area contributed by atoms with E-state index in [1.165, 1.54) is 11.6 Å². The van der Waals surface area contributed by atoms with Gasteiger partial charge in [-0.3, -0.25) is 4.79 Å². The van der Waals surface area contributed by atoms with E-state index >= 15 is 0 Å². The monoisotopic (exact) mass is 403 g/mol. The Kier molecular flexibility index (Phi) is 5.39. The van der Waals surface area contributed by atoms with Crippen LogP contribution in [0.5, 0.6) is 0 Å². The molecule has 4 nitrogen and oxygen atoms in total. The number of nitrogens with one attached hydrogen (secondary N) is 1. The topological polar surface area (TPSA) is 35.6 Å². The maximum atomic E-state index is 13.2. The molecule has 1 fully saturated rings. The van der Waals surface area contributed by atoms with E-state index in [1.54, 1.807) is 4.90 Å². The van der Waals surface area contributed by atoms with Gasteiger partial charge in [-0.2, -0.15) is 13.2 Å². The Hall–Kier alpha value is -2.70. The lowest BCUT2D eigenvalue weighted by molar-refractivity contribution is -0.137. The van der Waals surface area contributed by atoms with Gasteiger partial charge in [0.05, 0.1) is 23.5 Å². The highest BCUT2D eigenvalue weighted by Gasteiger charge is 2.32. The van der Waals surface area contributed by atoms with Crippen LogP contribution >= 0.6 is 0 Å². The number of alkyl halides is 3. The van der Waals surface area contributed by atoms with Crippen molar-refractivity contribution >= 4 is 17.3 Å². The minimum absolute atomic E-state index is 0.0235. The molecule has 0 atom stereocenters. The predicted octanol–water partition coefficient (Wildman–Crippen LogP) is 4.30. The Morgan fingerprint density at radius 2 is 1.72 bits per heavy atom. The highest BCUT2D eigenvalue weighted by atomic mass is 19.4. The van der Waals surface area contributed by atoms with Crippen molar-refractivity contribution in [3.05, 3.63) is 59.2 Å². The molecule has 1 amide bonds. The quantitative estimate of drug-likeness (QED) is 0.827. The highest BCUT2D eigenvalue weighted by molar-refractivity contribution is 5.83. The first-order valence-electron chi connectivity index (χ1n) is 9.96. The number of rotatable bonds is 4. The first-order valence-corrected chi connectivity index (χ1v) is 9.96. The van der Waals surface area contributed by atoms with Crippen LogP contribution in [0.2, 0.25) is 0 Å². The van der Waals surface area contributed by atoms with Crippen molar-refractivity contribution in [2.45, 2.75) is 32.0 Å². The Morgan fingerprint density at radius 1 is 1.00 bits per heavy atom. The van der Waals surface area contributed by atoms with Crippen LogP contribution < -0.4 is 10.2 Å². The van der Waals surface area contributed by atoms with Crippen LogP contribution in [0.15, 0.2) is 42.5 Å². The fourth-order valence-electron chi connectivity index (χ4n) is 4.08. The molecule has 0 radical (unpaired) electrons. The molecule has 7 heteroatoms. The van der Waals surface area contributed by atoms with Crippen LogP contribution in [0.25, 0.3) is 0 Å². The SMILES string of the molecule is O=C(CNc1cc(C(F)(F)F)ccc1N1CCCC1)N1CCc2ccccc2C1. The second-order valence-electron chi connectivity index (χ2n) is 7.61. The van der Waals surface area contributed by atoms with Crippen molar-refractivity contribution in [3.8, 4) is 0 Å². The molecule has 0 aromatic heterocycles. The normalized spacial score (nSPS) is 16.7. The van der Waals surface area contributed by atoms with Crippen LogP contribution in [-0.4, -0.2) is 37.0 Å². The van der Waals surface area contributed by atoms with Crippen molar-refractivity contribution in [1.82, 2.24) is 4.90 Å². The van der Waals surface area contributed by atoms with E-state index in [0.717, 1.165) is 55.7 Å². The molecule has 29 heavy (non-hydrogen) atoms. The molecule has 0 saturated carbocycles. The molecule has 2 heterocycles. The molecule has 2 aliphatic rings. The maximum Gasteiger partial charge on any atom is 0.416 e. The molecule has 0 aliphatic carbocycles. The zero-order valence-electron chi connectivity index (χ0n) is 16.1. The average Bonchev–Trinajstić information content (AvgIpc) is 3.25. The average molecular weight is 403 g/mol. The summed E-state index contributed by atoms with van der Waals surface area (Å²) in [6.45, 7) is 2.77. The van der Waals surface area contributed by atoms with Gasteiger partial charge < -0.3 is 15.1 Å². The Labute approximate surface area is 168 Å². The minimum Gasteiger partial charge on any atom is -0.374 e. The summed E-state index contributed by atoms with van der Waals surface area (Å²) in [5.41, 5.74) is 2.77. The largest absolute Gasteiger partial charge is 0.416 e. The first-order chi connectivity index (χ1) is 13.9. The molecule has 4 rings (SSSR count). The zero-order valence-corrected chi connectivity index (χ0v) is 16.1. The summed E-state index contributed by atoms with van der Waals surface area (Å²) in [6, 6.07) is 11.8. The number of hydrogen-bond donors (Lipinski definition) is 1. The van der Waals surface area contributed by atoms with Crippen molar-refractivity contribution in [1.29, 1.82) is 0 Å². The summed E-state index contributed by atoms with van der Waals surface area (Å²) in [6.07, 6.45) is -1.58. The van der Waals surface area contributed by atoms with Crippen LogP contribution in [-0.2, 0) is 23.9 Å². The van der Waals surface area contributed by atoms with E-state index in [1.807, 2.05) is 18.2 Å². The Balaban J connectivity index is 1.48. The van der Waals surface area contributed by atoms with E-state index in [9.17, 15) is 18.0 Å². The van der Waals surface area contributed by atoms with E-state index in [2.05, 4.69) is 16.3 Å². The van der Waals surface area contributed by atoms with Crippen LogP contribution in [0.1, 0.15) is 29.5 Å². The van der Waals surface area contributed by atoms with E-state index in [-0.39, 0.29) is 12.5 Å². The Morgan fingerprint density at radius 3 is 2.45 bits per heavy atom. The second kappa shape index (κ2) is 7.97. The van der Waals surface area contributed by atoms with Gasteiger partial charge in [-0.1, -0.05) is 24.3 Å². The van der Waals surface area contributed by atoms with Gasteiger partial charge in [0.2, 0.25) is 5.91 Å². The number of amides is 1. The first kappa shape index (κ1) is 19.6. The molecule has 2 aromatic carbocycles. The van der Waals surface area contributed by atoms with Gasteiger partial charge in [0.25, 0.3) is 0 Å². The highest BCUT2D eigenvalue weighted by Crippen LogP contribution is 2.36. The lowest BCUT2D eigenvalue weighted by Gasteiger charge is -2.29. The van der Waals surface area contributed by atoms with Gasteiger partial charge in [0.15, 0.2) is 0 Å². The number of nitrogens with zero attached hydrogens (tertiary/aromatic N) is 2. The minimum atomic E-state index is -4.42. The molecule has 2 aromatic rings. The lowest BCUT2D eigenvalue weighted by atomic mass is 10.00. The zero-order chi connectivity index (χ0) is 20.4. The molecule has 1 N–H and O–H groups in total. The molecule has 0 bridgehead atoms. The van der Waals surface area contributed by atoms with Gasteiger partial charge >= 0.3 is 6.18 Å². The number of fused-ring (bicyclic) bond motifs is 1. The number of carbonyl (C=O) groups excluding carboxylic acids is 1. The molecule has 2 aliphatic heterocycles. The summed E-state index contributed by atoms with van der Waals surface area (Å²) in [5.74, 6) is -0.107. The van der Waals surface area contributed by atoms with Crippen LogP contribution in [0, 0.1) is 0 Å². The third kappa shape index (κ3) is 4.33. The van der Waals surface area contributed by atoms with Gasteiger partial charge in [0.1, 0.15) is 0 Å². The summed E-state index contributed by atoms with van der Waals surface area (Å²) in [7, 11) is 0. The van der Waals surface area contributed by atoms with Gasteiger partial charge in [-0.05, 0) is 48.6 Å².